The van der Waals surface area contributed by atoms with E-state index in [1.807, 2.05) is 6.92 Å². The molecule has 0 aromatic carbocycles. The largest absolute Gasteiger partial charge is 0.411 e. The van der Waals surface area contributed by atoms with Crippen LogP contribution < -0.4 is 5.32 Å². The van der Waals surface area contributed by atoms with Crippen LogP contribution >= 0.6 is 11.3 Å². The van der Waals surface area contributed by atoms with Crippen LogP contribution in [0.15, 0.2) is 0 Å². The summed E-state index contributed by atoms with van der Waals surface area (Å²) < 4.78 is 39.8. The predicted molar refractivity (Wildman–Crippen MR) is 57.9 cm³/mol. The van der Waals surface area contributed by atoms with Crippen LogP contribution in [0.1, 0.15) is 16.9 Å². The van der Waals surface area contributed by atoms with Gasteiger partial charge in [0, 0.05) is 13.0 Å². The summed E-state index contributed by atoms with van der Waals surface area (Å²) in [7, 11) is 0. The molecule has 0 atom stereocenters. The number of alkyl halides is 3. The van der Waals surface area contributed by atoms with Crippen LogP contribution in [0.5, 0.6) is 0 Å². The molecular formula is C9H14F3N3OS. The first-order chi connectivity index (χ1) is 8.01. The molecule has 0 saturated carbocycles. The molecule has 1 rings (SSSR count). The van der Waals surface area contributed by atoms with Crippen LogP contribution in [0.4, 0.5) is 13.2 Å². The lowest BCUT2D eigenvalue weighted by Gasteiger charge is -2.05. The van der Waals surface area contributed by atoms with Gasteiger partial charge in [0.2, 0.25) is 0 Å². The van der Waals surface area contributed by atoms with Crippen molar-refractivity contribution in [1.29, 1.82) is 0 Å². The lowest BCUT2D eigenvalue weighted by atomic mass is 10.5. The first-order valence-electron chi connectivity index (χ1n) is 5.17. The van der Waals surface area contributed by atoms with Gasteiger partial charge in [-0.15, -0.1) is 21.5 Å². The molecule has 0 aliphatic carbocycles. The highest BCUT2D eigenvalue weighted by Crippen LogP contribution is 2.15. The van der Waals surface area contributed by atoms with E-state index in [1.54, 1.807) is 0 Å². The molecule has 0 radical (unpaired) electrons. The number of hydrogen-bond acceptors (Lipinski definition) is 5. The summed E-state index contributed by atoms with van der Waals surface area (Å²) in [6.45, 7) is 2.25. The van der Waals surface area contributed by atoms with E-state index in [4.69, 9.17) is 0 Å². The van der Waals surface area contributed by atoms with Gasteiger partial charge >= 0.3 is 6.18 Å². The normalized spacial score (nSPS) is 12.0. The summed E-state index contributed by atoms with van der Waals surface area (Å²) in [4.78, 5) is 0. The fraction of sp³-hybridized carbons (Fsp3) is 0.778. The zero-order valence-corrected chi connectivity index (χ0v) is 10.2. The van der Waals surface area contributed by atoms with Crippen LogP contribution in [-0.4, -0.2) is 36.1 Å². The van der Waals surface area contributed by atoms with Crippen molar-refractivity contribution in [3.05, 3.63) is 10.0 Å². The Hall–Kier alpha value is -0.730. The Labute approximate surface area is 101 Å². The fourth-order valence-corrected chi connectivity index (χ4v) is 1.84. The second-order valence-corrected chi connectivity index (χ2v) is 4.43. The molecule has 0 aliphatic rings. The molecule has 1 aromatic rings. The quantitative estimate of drug-likeness (QED) is 0.766. The molecule has 8 heteroatoms. The van der Waals surface area contributed by atoms with E-state index in [0.717, 1.165) is 11.6 Å². The van der Waals surface area contributed by atoms with Gasteiger partial charge in [-0.1, -0.05) is 6.92 Å². The SMILES string of the molecule is CCNCc1nnc(CCOCC(F)(F)F)s1. The Bertz CT molecular complexity index is 330. The summed E-state index contributed by atoms with van der Waals surface area (Å²) in [5, 5.41) is 12.4. The standard InChI is InChI=1S/C9H14F3N3OS/c1-2-13-5-8-15-14-7(17-8)3-4-16-6-9(10,11)12/h13H,2-6H2,1H3. The van der Waals surface area contributed by atoms with E-state index >= 15 is 0 Å². The zero-order chi connectivity index (χ0) is 12.7. The zero-order valence-electron chi connectivity index (χ0n) is 9.38. The number of aromatic nitrogens is 2. The van der Waals surface area contributed by atoms with Crippen molar-refractivity contribution in [3.63, 3.8) is 0 Å². The van der Waals surface area contributed by atoms with Gasteiger partial charge in [0.25, 0.3) is 0 Å². The number of hydrogen-bond donors (Lipinski definition) is 1. The fourth-order valence-electron chi connectivity index (χ4n) is 1.04. The number of nitrogens with zero attached hydrogens (tertiary/aromatic N) is 2. The van der Waals surface area contributed by atoms with Crippen molar-refractivity contribution < 1.29 is 17.9 Å². The molecule has 1 N–H and O–H groups in total. The Morgan fingerprint density at radius 1 is 1.29 bits per heavy atom. The third-order valence-electron chi connectivity index (χ3n) is 1.76. The van der Waals surface area contributed by atoms with Crippen molar-refractivity contribution in [1.82, 2.24) is 15.5 Å². The highest BCUT2D eigenvalue weighted by molar-refractivity contribution is 7.11. The van der Waals surface area contributed by atoms with E-state index in [-0.39, 0.29) is 6.61 Å². The van der Waals surface area contributed by atoms with Crippen molar-refractivity contribution in [2.24, 2.45) is 0 Å². The third kappa shape index (κ3) is 6.54. The highest BCUT2D eigenvalue weighted by Gasteiger charge is 2.27. The van der Waals surface area contributed by atoms with Crippen LogP contribution in [-0.2, 0) is 17.7 Å². The molecule has 98 valence electrons. The molecule has 0 spiro atoms. The van der Waals surface area contributed by atoms with Crippen molar-refractivity contribution >= 4 is 11.3 Å². The maximum atomic E-state index is 11.8. The summed E-state index contributed by atoms with van der Waals surface area (Å²) in [6, 6.07) is 0. The highest BCUT2D eigenvalue weighted by atomic mass is 32.1. The Morgan fingerprint density at radius 2 is 2.00 bits per heavy atom. The molecule has 0 amide bonds. The lowest BCUT2D eigenvalue weighted by molar-refractivity contribution is -0.173. The second-order valence-electron chi connectivity index (χ2n) is 3.29. The number of ether oxygens (including phenoxy) is 1. The minimum atomic E-state index is -4.27. The molecule has 1 aromatic heterocycles. The average Bonchev–Trinajstić information content (AvgIpc) is 2.68. The van der Waals surface area contributed by atoms with Gasteiger partial charge in [0.05, 0.1) is 6.61 Å². The number of halogens is 3. The van der Waals surface area contributed by atoms with Crippen molar-refractivity contribution in [2.45, 2.75) is 26.1 Å². The van der Waals surface area contributed by atoms with Crippen LogP contribution in [0.25, 0.3) is 0 Å². The smallest absolute Gasteiger partial charge is 0.372 e. The van der Waals surface area contributed by atoms with Crippen LogP contribution in [0.3, 0.4) is 0 Å². The monoisotopic (exact) mass is 269 g/mol. The minimum Gasteiger partial charge on any atom is -0.372 e. The molecule has 0 aliphatic heterocycles. The van der Waals surface area contributed by atoms with E-state index in [1.165, 1.54) is 11.3 Å². The van der Waals surface area contributed by atoms with Crippen LogP contribution in [0.2, 0.25) is 0 Å². The molecule has 17 heavy (non-hydrogen) atoms. The first-order valence-corrected chi connectivity index (χ1v) is 5.99. The first kappa shape index (κ1) is 14.3. The van der Waals surface area contributed by atoms with Crippen molar-refractivity contribution in [2.75, 3.05) is 19.8 Å². The summed E-state index contributed by atoms with van der Waals surface area (Å²) in [5.74, 6) is 0. The maximum absolute atomic E-state index is 11.8. The summed E-state index contributed by atoms with van der Waals surface area (Å²) in [5.41, 5.74) is 0. The molecule has 1 heterocycles. The minimum absolute atomic E-state index is 0.00928. The number of nitrogens with one attached hydrogen (secondary N) is 1. The summed E-state index contributed by atoms with van der Waals surface area (Å²) >= 11 is 1.38. The van der Waals surface area contributed by atoms with E-state index in [0.29, 0.717) is 18.0 Å². The summed E-state index contributed by atoms with van der Waals surface area (Å²) in [6.07, 6.45) is -3.91. The maximum Gasteiger partial charge on any atom is 0.411 e. The Balaban J connectivity index is 2.21. The Kier molecular flexibility index (Phi) is 5.79. The molecular weight excluding hydrogens is 255 g/mol. The average molecular weight is 269 g/mol. The topological polar surface area (TPSA) is 47.0 Å². The predicted octanol–water partition coefficient (Wildman–Crippen LogP) is 1.77. The van der Waals surface area contributed by atoms with Gasteiger partial charge in [0.15, 0.2) is 0 Å². The second kappa shape index (κ2) is 6.87. The molecule has 0 bridgehead atoms. The third-order valence-corrected chi connectivity index (χ3v) is 2.74. The van der Waals surface area contributed by atoms with Gasteiger partial charge in [-0.2, -0.15) is 13.2 Å². The van der Waals surface area contributed by atoms with E-state index < -0.39 is 12.8 Å². The van der Waals surface area contributed by atoms with E-state index in [9.17, 15) is 13.2 Å². The molecule has 0 fully saturated rings. The lowest BCUT2D eigenvalue weighted by Crippen LogP contribution is -2.17. The van der Waals surface area contributed by atoms with E-state index in [2.05, 4.69) is 20.3 Å². The van der Waals surface area contributed by atoms with Crippen molar-refractivity contribution in [3.8, 4) is 0 Å². The Morgan fingerprint density at radius 3 is 2.65 bits per heavy atom. The van der Waals surface area contributed by atoms with Crippen LogP contribution in [0, 0.1) is 0 Å². The molecule has 4 nitrogen and oxygen atoms in total. The van der Waals surface area contributed by atoms with Gasteiger partial charge < -0.3 is 10.1 Å². The molecule has 0 unspecified atom stereocenters. The number of rotatable bonds is 7. The van der Waals surface area contributed by atoms with Gasteiger partial charge in [-0.25, -0.2) is 0 Å². The van der Waals surface area contributed by atoms with Gasteiger partial charge in [0.1, 0.15) is 16.6 Å². The molecule has 0 saturated heterocycles. The van der Waals surface area contributed by atoms with Gasteiger partial charge in [-0.05, 0) is 6.54 Å². The van der Waals surface area contributed by atoms with Gasteiger partial charge in [-0.3, -0.25) is 0 Å².